The third-order valence-electron chi connectivity index (χ3n) is 3.46. The number of aryl methyl sites for hydroxylation is 1. The normalized spacial score (nSPS) is 10.3. The zero-order chi connectivity index (χ0) is 17.8. The van der Waals surface area contributed by atoms with Gasteiger partial charge < -0.3 is 15.1 Å². The number of carbonyl (C=O) groups is 2. The predicted octanol–water partition coefficient (Wildman–Crippen LogP) is 3.86. The fourth-order valence-corrected chi connectivity index (χ4v) is 2.25. The van der Waals surface area contributed by atoms with Crippen molar-refractivity contribution < 1.29 is 14.0 Å². The van der Waals surface area contributed by atoms with Crippen molar-refractivity contribution in [3.63, 3.8) is 0 Å². The predicted molar refractivity (Wildman–Crippen MR) is 95.4 cm³/mol. The highest BCUT2D eigenvalue weighted by Crippen LogP contribution is 2.26. The fraction of sp³-hybridized carbons (Fsp3) is 0.105. The average molecular weight is 335 g/mol. The number of rotatable bonds is 4. The van der Waals surface area contributed by atoms with Gasteiger partial charge in [0.05, 0.1) is 0 Å². The number of amides is 2. The summed E-state index contributed by atoms with van der Waals surface area (Å²) in [5, 5.41) is 5.27. The van der Waals surface area contributed by atoms with Crippen LogP contribution in [-0.2, 0) is 4.79 Å². The summed E-state index contributed by atoms with van der Waals surface area (Å²) in [4.78, 5) is 28.2. The first-order valence-corrected chi connectivity index (χ1v) is 7.75. The van der Waals surface area contributed by atoms with E-state index in [4.69, 9.17) is 4.42 Å². The molecule has 2 amide bonds. The van der Waals surface area contributed by atoms with Crippen LogP contribution in [0, 0.1) is 6.92 Å². The molecule has 0 saturated heterocycles. The smallest absolute Gasteiger partial charge is 0.295 e. The largest absolute Gasteiger partial charge is 0.429 e. The van der Waals surface area contributed by atoms with Crippen molar-refractivity contribution in [1.29, 1.82) is 0 Å². The van der Waals surface area contributed by atoms with Crippen LogP contribution in [-0.4, -0.2) is 16.8 Å². The molecule has 0 unspecified atom stereocenters. The van der Waals surface area contributed by atoms with Gasteiger partial charge in [-0.1, -0.05) is 35.9 Å². The van der Waals surface area contributed by atoms with Crippen LogP contribution in [0.15, 0.2) is 59.0 Å². The monoisotopic (exact) mass is 335 g/mol. The van der Waals surface area contributed by atoms with Crippen LogP contribution in [0.25, 0.3) is 11.5 Å². The second-order valence-electron chi connectivity index (χ2n) is 5.56. The zero-order valence-corrected chi connectivity index (χ0v) is 13.9. The van der Waals surface area contributed by atoms with Gasteiger partial charge in [0.2, 0.25) is 17.6 Å². The van der Waals surface area contributed by atoms with Crippen LogP contribution < -0.4 is 10.6 Å². The lowest BCUT2D eigenvalue weighted by atomic mass is 10.2. The van der Waals surface area contributed by atoms with E-state index in [1.165, 1.54) is 6.92 Å². The van der Waals surface area contributed by atoms with E-state index >= 15 is 0 Å². The van der Waals surface area contributed by atoms with Gasteiger partial charge in [-0.05, 0) is 31.2 Å². The van der Waals surface area contributed by atoms with Crippen molar-refractivity contribution in [1.82, 2.24) is 4.98 Å². The third kappa shape index (κ3) is 3.92. The molecular formula is C19H17N3O3. The minimum Gasteiger partial charge on any atom is -0.429 e. The van der Waals surface area contributed by atoms with E-state index in [-0.39, 0.29) is 23.4 Å². The van der Waals surface area contributed by atoms with Crippen molar-refractivity contribution in [3.8, 4) is 11.5 Å². The third-order valence-corrected chi connectivity index (χ3v) is 3.46. The van der Waals surface area contributed by atoms with Crippen LogP contribution in [0.3, 0.4) is 0 Å². The Morgan fingerprint density at radius 2 is 1.64 bits per heavy atom. The summed E-state index contributed by atoms with van der Waals surface area (Å²) in [6.07, 6.45) is 0. The molecule has 2 aromatic carbocycles. The second kappa shape index (κ2) is 7.00. The Morgan fingerprint density at radius 3 is 2.28 bits per heavy atom. The Labute approximate surface area is 144 Å². The van der Waals surface area contributed by atoms with E-state index in [1.54, 1.807) is 12.1 Å². The van der Waals surface area contributed by atoms with Crippen molar-refractivity contribution >= 4 is 23.3 Å². The Hall–Kier alpha value is -3.41. The molecule has 25 heavy (non-hydrogen) atoms. The molecule has 3 aromatic rings. The van der Waals surface area contributed by atoms with Gasteiger partial charge in [0, 0.05) is 18.2 Å². The number of anilines is 2. The maximum absolute atomic E-state index is 12.5. The highest BCUT2D eigenvalue weighted by molar-refractivity contribution is 6.07. The Morgan fingerprint density at radius 1 is 0.960 bits per heavy atom. The van der Waals surface area contributed by atoms with Gasteiger partial charge in [-0.3, -0.25) is 9.59 Å². The Balaban J connectivity index is 1.92. The molecule has 2 N–H and O–H groups in total. The van der Waals surface area contributed by atoms with Crippen molar-refractivity contribution in [3.05, 3.63) is 65.9 Å². The first-order valence-electron chi connectivity index (χ1n) is 7.75. The van der Waals surface area contributed by atoms with Crippen LogP contribution in [0.5, 0.6) is 0 Å². The summed E-state index contributed by atoms with van der Waals surface area (Å²) in [5.74, 6) is -0.511. The first kappa shape index (κ1) is 16.4. The SMILES string of the molecule is CC(=O)Nc1nc(-c2ccccc2)oc1C(=O)Nc1ccc(C)cc1. The van der Waals surface area contributed by atoms with Crippen molar-refractivity contribution in [2.24, 2.45) is 0 Å². The van der Waals surface area contributed by atoms with E-state index in [0.717, 1.165) is 5.56 Å². The summed E-state index contributed by atoms with van der Waals surface area (Å²) in [6.45, 7) is 3.31. The van der Waals surface area contributed by atoms with Gasteiger partial charge in [-0.25, -0.2) is 0 Å². The number of oxazole rings is 1. The number of carbonyl (C=O) groups excluding carboxylic acids is 2. The zero-order valence-electron chi connectivity index (χ0n) is 13.9. The van der Waals surface area contributed by atoms with Gasteiger partial charge in [0.1, 0.15) is 0 Å². The maximum Gasteiger partial charge on any atom is 0.295 e. The first-order chi connectivity index (χ1) is 12.0. The van der Waals surface area contributed by atoms with E-state index in [0.29, 0.717) is 11.3 Å². The quantitative estimate of drug-likeness (QED) is 0.758. The molecule has 6 heteroatoms. The van der Waals surface area contributed by atoms with Gasteiger partial charge in [-0.2, -0.15) is 4.98 Å². The van der Waals surface area contributed by atoms with Crippen LogP contribution in [0.1, 0.15) is 23.0 Å². The maximum atomic E-state index is 12.5. The van der Waals surface area contributed by atoms with E-state index in [1.807, 2.05) is 49.4 Å². The highest BCUT2D eigenvalue weighted by atomic mass is 16.4. The number of aromatic nitrogens is 1. The number of nitrogens with zero attached hydrogens (tertiary/aromatic N) is 1. The van der Waals surface area contributed by atoms with E-state index in [9.17, 15) is 9.59 Å². The minimum absolute atomic E-state index is 0.0466. The lowest BCUT2D eigenvalue weighted by Gasteiger charge is -2.04. The standard InChI is InChI=1S/C19H17N3O3/c1-12-8-10-15(11-9-12)21-18(24)16-17(20-13(2)23)22-19(25-16)14-6-4-3-5-7-14/h3-11H,1-2H3,(H,20,23)(H,21,24). The molecule has 0 aliphatic rings. The van der Waals surface area contributed by atoms with Crippen molar-refractivity contribution in [2.45, 2.75) is 13.8 Å². The molecule has 126 valence electrons. The summed E-state index contributed by atoms with van der Waals surface area (Å²) < 4.78 is 5.62. The molecule has 0 radical (unpaired) electrons. The highest BCUT2D eigenvalue weighted by Gasteiger charge is 2.22. The van der Waals surface area contributed by atoms with Gasteiger partial charge >= 0.3 is 0 Å². The summed E-state index contributed by atoms with van der Waals surface area (Å²) in [6, 6.07) is 16.5. The molecule has 0 spiro atoms. The van der Waals surface area contributed by atoms with E-state index < -0.39 is 5.91 Å². The van der Waals surface area contributed by atoms with Crippen LogP contribution >= 0.6 is 0 Å². The van der Waals surface area contributed by atoms with Gasteiger partial charge in [0.25, 0.3) is 5.91 Å². The van der Waals surface area contributed by atoms with Crippen molar-refractivity contribution in [2.75, 3.05) is 10.6 Å². The molecule has 0 aliphatic heterocycles. The minimum atomic E-state index is -0.484. The number of hydrogen-bond donors (Lipinski definition) is 2. The molecule has 0 aliphatic carbocycles. The lowest BCUT2D eigenvalue weighted by Crippen LogP contribution is -2.15. The molecule has 0 bridgehead atoms. The van der Waals surface area contributed by atoms with Crippen LogP contribution in [0.2, 0.25) is 0 Å². The second-order valence-corrected chi connectivity index (χ2v) is 5.56. The van der Waals surface area contributed by atoms with E-state index in [2.05, 4.69) is 15.6 Å². The molecule has 0 fully saturated rings. The lowest BCUT2D eigenvalue weighted by molar-refractivity contribution is -0.114. The summed E-state index contributed by atoms with van der Waals surface area (Å²) in [7, 11) is 0. The summed E-state index contributed by atoms with van der Waals surface area (Å²) >= 11 is 0. The van der Waals surface area contributed by atoms with Gasteiger partial charge in [-0.15, -0.1) is 0 Å². The molecule has 0 saturated carbocycles. The van der Waals surface area contributed by atoms with Gasteiger partial charge in [0.15, 0.2) is 5.82 Å². The van der Waals surface area contributed by atoms with Crippen LogP contribution in [0.4, 0.5) is 11.5 Å². The molecule has 1 heterocycles. The Kier molecular flexibility index (Phi) is 4.61. The fourth-order valence-electron chi connectivity index (χ4n) is 2.25. The molecular weight excluding hydrogens is 318 g/mol. The average Bonchev–Trinajstić information content (AvgIpc) is 3.01. The molecule has 0 atom stereocenters. The number of benzene rings is 2. The summed E-state index contributed by atoms with van der Waals surface area (Å²) in [5.41, 5.74) is 2.42. The Bertz CT molecular complexity index is 899. The number of hydrogen-bond acceptors (Lipinski definition) is 4. The molecule has 3 rings (SSSR count). The molecule has 1 aromatic heterocycles. The topological polar surface area (TPSA) is 84.2 Å². The molecule has 6 nitrogen and oxygen atoms in total. The number of nitrogens with one attached hydrogen (secondary N) is 2.